The van der Waals surface area contributed by atoms with E-state index in [1.54, 1.807) is 11.9 Å². The molecule has 0 aliphatic rings. The molecule has 1 atom stereocenters. The predicted molar refractivity (Wildman–Crippen MR) is 51.0 cm³/mol. The fourth-order valence-electron chi connectivity index (χ4n) is 1.09. The van der Waals surface area contributed by atoms with E-state index in [0.717, 1.165) is 6.54 Å². The Labute approximate surface area is 75.1 Å². The SMILES string of the molecule is CNC(C)C(=O)N(C)CC(C)C. The van der Waals surface area contributed by atoms with E-state index in [4.69, 9.17) is 0 Å². The molecule has 3 heteroatoms. The van der Waals surface area contributed by atoms with Crippen LogP contribution in [0, 0.1) is 5.92 Å². The first kappa shape index (κ1) is 11.4. The van der Waals surface area contributed by atoms with Gasteiger partial charge >= 0.3 is 0 Å². The van der Waals surface area contributed by atoms with E-state index in [-0.39, 0.29) is 11.9 Å². The lowest BCUT2D eigenvalue weighted by atomic mass is 10.2. The summed E-state index contributed by atoms with van der Waals surface area (Å²) in [4.78, 5) is 13.2. The molecule has 1 unspecified atom stereocenters. The highest BCUT2D eigenvalue weighted by atomic mass is 16.2. The first-order valence-corrected chi connectivity index (χ1v) is 4.41. The summed E-state index contributed by atoms with van der Waals surface area (Å²) in [6.07, 6.45) is 0. The number of carbonyl (C=O) groups is 1. The maximum atomic E-state index is 11.5. The van der Waals surface area contributed by atoms with Gasteiger partial charge < -0.3 is 10.2 Å². The minimum Gasteiger partial charge on any atom is -0.344 e. The molecule has 0 fully saturated rings. The van der Waals surface area contributed by atoms with Crippen LogP contribution in [0.3, 0.4) is 0 Å². The van der Waals surface area contributed by atoms with Crippen LogP contribution in [-0.2, 0) is 4.79 Å². The molecule has 0 aromatic rings. The first-order valence-electron chi connectivity index (χ1n) is 4.41. The molecule has 0 saturated heterocycles. The first-order chi connectivity index (χ1) is 5.49. The second-order valence-electron chi connectivity index (χ2n) is 3.62. The zero-order valence-corrected chi connectivity index (χ0v) is 8.72. The molecule has 1 N–H and O–H groups in total. The monoisotopic (exact) mass is 172 g/mol. The summed E-state index contributed by atoms with van der Waals surface area (Å²) in [6, 6.07) is -0.0752. The van der Waals surface area contributed by atoms with Crippen molar-refractivity contribution < 1.29 is 4.79 Å². The summed E-state index contributed by atoms with van der Waals surface area (Å²) < 4.78 is 0. The van der Waals surface area contributed by atoms with Crippen LogP contribution in [0.4, 0.5) is 0 Å². The van der Waals surface area contributed by atoms with Crippen molar-refractivity contribution in [3.63, 3.8) is 0 Å². The van der Waals surface area contributed by atoms with Crippen molar-refractivity contribution in [1.29, 1.82) is 0 Å². The number of nitrogens with one attached hydrogen (secondary N) is 1. The zero-order chi connectivity index (χ0) is 9.72. The van der Waals surface area contributed by atoms with Crippen molar-refractivity contribution in [2.45, 2.75) is 26.8 Å². The summed E-state index contributed by atoms with van der Waals surface area (Å²) in [5.41, 5.74) is 0. The molecule has 0 rings (SSSR count). The number of likely N-dealkylation sites (N-methyl/N-ethyl adjacent to an activating group) is 2. The molecular weight excluding hydrogens is 152 g/mol. The van der Waals surface area contributed by atoms with E-state index < -0.39 is 0 Å². The van der Waals surface area contributed by atoms with E-state index in [1.807, 2.05) is 14.0 Å². The lowest BCUT2D eigenvalue weighted by Gasteiger charge is -2.22. The largest absolute Gasteiger partial charge is 0.344 e. The van der Waals surface area contributed by atoms with Crippen molar-refractivity contribution in [3.8, 4) is 0 Å². The van der Waals surface area contributed by atoms with Gasteiger partial charge in [-0.25, -0.2) is 0 Å². The van der Waals surface area contributed by atoms with Gasteiger partial charge in [-0.2, -0.15) is 0 Å². The maximum Gasteiger partial charge on any atom is 0.239 e. The summed E-state index contributed by atoms with van der Waals surface area (Å²) in [5.74, 6) is 0.689. The van der Waals surface area contributed by atoms with Crippen LogP contribution in [0.2, 0.25) is 0 Å². The van der Waals surface area contributed by atoms with Crippen molar-refractivity contribution in [2.24, 2.45) is 5.92 Å². The Balaban J connectivity index is 3.92. The van der Waals surface area contributed by atoms with Gasteiger partial charge in [-0.3, -0.25) is 4.79 Å². The van der Waals surface area contributed by atoms with Gasteiger partial charge in [0.1, 0.15) is 0 Å². The highest BCUT2D eigenvalue weighted by Gasteiger charge is 2.15. The van der Waals surface area contributed by atoms with Crippen LogP contribution in [0.5, 0.6) is 0 Å². The van der Waals surface area contributed by atoms with Crippen LogP contribution >= 0.6 is 0 Å². The fourth-order valence-corrected chi connectivity index (χ4v) is 1.09. The third kappa shape index (κ3) is 3.72. The molecule has 0 heterocycles. The Morgan fingerprint density at radius 3 is 2.25 bits per heavy atom. The third-order valence-electron chi connectivity index (χ3n) is 1.82. The van der Waals surface area contributed by atoms with Crippen LogP contribution < -0.4 is 5.32 Å². The predicted octanol–water partition coefficient (Wildman–Crippen LogP) is 0.709. The van der Waals surface area contributed by atoms with Crippen molar-refractivity contribution in [3.05, 3.63) is 0 Å². The van der Waals surface area contributed by atoms with Gasteiger partial charge in [0.2, 0.25) is 5.91 Å². The van der Waals surface area contributed by atoms with Crippen LogP contribution in [0.25, 0.3) is 0 Å². The van der Waals surface area contributed by atoms with Gasteiger partial charge in [0, 0.05) is 13.6 Å². The average Bonchev–Trinajstić information content (AvgIpc) is 2.00. The van der Waals surface area contributed by atoms with Gasteiger partial charge in [-0.1, -0.05) is 13.8 Å². The van der Waals surface area contributed by atoms with Crippen LogP contribution in [-0.4, -0.2) is 37.5 Å². The Bertz CT molecular complexity index is 145. The maximum absolute atomic E-state index is 11.5. The van der Waals surface area contributed by atoms with E-state index in [2.05, 4.69) is 19.2 Å². The van der Waals surface area contributed by atoms with Crippen LogP contribution in [0.15, 0.2) is 0 Å². The topological polar surface area (TPSA) is 32.3 Å². The van der Waals surface area contributed by atoms with E-state index in [9.17, 15) is 4.79 Å². The second-order valence-corrected chi connectivity index (χ2v) is 3.62. The minimum absolute atomic E-state index is 0.0752. The average molecular weight is 172 g/mol. The summed E-state index contributed by atoms with van der Waals surface area (Å²) in [7, 11) is 3.64. The lowest BCUT2D eigenvalue weighted by Crippen LogP contribution is -2.42. The van der Waals surface area contributed by atoms with Gasteiger partial charge in [-0.15, -0.1) is 0 Å². The third-order valence-corrected chi connectivity index (χ3v) is 1.82. The zero-order valence-electron chi connectivity index (χ0n) is 8.72. The number of rotatable bonds is 4. The highest BCUT2D eigenvalue weighted by Crippen LogP contribution is 1.98. The molecular formula is C9H20N2O. The van der Waals surface area contributed by atoms with Crippen molar-refractivity contribution in [1.82, 2.24) is 10.2 Å². The van der Waals surface area contributed by atoms with Crippen molar-refractivity contribution >= 4 is 5.91 Å². The molecule has 0 bridgehead atoms. The smallest absolute Gasteiger partial charge is 0.239 e. The molecule has 0 aromatic carbocycles. The minimum atomic E-state index is -0.0752. The Morgan fingerprint density at radius 2 is 1.92 bits per heavy atom. The van der Waals surface area contributed by atoms with E-state index in [0.29, 0.717) is 5.92 Å². The normalized spacial score (nSPS) is 13.2. The van der Waals surface area contributed by atoms with E-state index in [1.165, 1.54) is 0 Å². The Morgan fingerprint density at radius 1 is 1.42 bits per heavy atom. The Kier molecular flexibility index (Phi) is 4.90. The van der Waals surface area contributed by atoms with Crippen LogP contribution in [0.1, 0.15) is 20.8 Å². The summed E-state index contributed by atoms with van der Waals surface area (Å²) >= 11 is 0. The molecule has 3 nitrogen and oxygen atoms in total. The summed E-state index contributed by atoms with van der Waals surface area (Å²) in [6.45, 7) is 6.91. The van der Waals surface area contributed by atoms with Gasteiger partial charge in [-0.05, 0) is 19.9 Å². The molecule has 1 amide bonds. The molecule has 72 valence electrons. The van der Waals surface area contributed by atoms with Gasteiger partial charge in [0.25, 0.3) is 0 Å². The molecule has 0 aromatic heterocycles. The molecule has 0 aliphatic carbocycles. The van der Waals surface area contributed by atoms with Crippen molar-refractivity contribution in [2.75, 3.05) is 20.6 Å². The molecule has 12 heavy (non-hydrogen) atoms. The number of nitrogens with zero attached hydrogens (tertiary/aromatic N) is 1. The number of amides is 1. The molecule has 0 spiro atoms. The highest BCUT2D eigenvalue weighted by molar-refractivity contribution is 5.81. The van der Waals surface area contributed by atoms with Gasteiger partial charge in [0.05, 0.1) is 6.04 Å². The standard InChI is InChI=1S/C9H20N2O/c1-7(2)6-11(5)9(12)8(3)10-4/h7-8,10H,6H2,1-5H3. The lowest BCUT2D eigenvalue weighted by molar-refractivity contribution is -0.132. The fraction of sp³-hybridized carbons (Fsp3) is 0.889. The number of hydrogen-bond acceptors (Lipinski definition) is 2. The van der Waals surface area contributed by atoms with E-state index >= 15 is 0 Å². The Hall–Kier alpha value is -0.570. The molecule has 0 radical (unpaired) electrons. The number of carbonyl (C=O) groups excluding carboxylic acids is 1. The second kappa shape index (κ2) is 5.14. The quantitative estimate of drug-likeness (QED) is 0.677. The van der Waals surface area contributed by atoms with Gasteiger partial charge in [0.15, 0.2) is 0 Å². The molecule has 0 saturated carbocycles. The number of hydrogen-bond donors (Lipinski definition) is 1. The summed E-state index contributed by atoms with van der Waals surface area (Å²) in [5, 5.41) is 2.93. The molecule has 0 aliphatic heterocycles.